The van der Waals surface area contributed by atoms with Gasteiger partial charge in [-0.1, -0.05) is 17.7 Å². The predicted molar refractivity (Wildman–Crippen MR) is 113 cm³/mol. The zero-order valence-electron chi connectivity index (χ0n) is 16.0. The van der Waals surface area contributed by atoms with Crippen LogP contribution in [-0.2, 0) is 11.3 Å². The fourth-order valence-electron chi connectivity index (χ4n) is 3.06. The average molecular weight is 426 g/mol. The minimum absolute atomic E-state index is 0.0884. The van der Waals surface area contributed by atoms with Crippen LogP contribution in [0.3, 0.4) is 0 Å². The fraction of sp³-hybridized carbons (Fsp3) is 0.143. The lowest BCUT2D eigenvalue weighted by Gasteiger charge is -2.10. The number of fused-ring (bicyclic) bond motifs is 1. The highest BCUT2D eigenvalue weighted by molar-refractivity contribution is 6.31. The Balaban J connectivity index is 1.52. The van der Waals surface area contributed by atoms with Crippen LogP contribution in [0.4, 0.5) is 10.1 Å². The van der Waals surface area contributed by atoms with Gasteiger partial charge in [0.2, 0.25) is 5.91 Å². The molecule has 0 fully saturated rings. The van der Waals surface area contributed by atoms with Gasteiger partial charge < -0.3 is 5.32 Å². The predicted octanol–water partition coefficient (Wildman–Crippen LogP) is 3.71. The minimum atomic E-state index is -0.364. The van der Waals surface area contributed by atoms with Crippen LogP contribution in [0.5, 0.6) is 0 Å². The van der Waals surface area contributed by atoms with Crippen LogP contribution < -0.4 is 10.9 Å². The number of carbonyl (C=O) groups excluding carboxylic acids is 1. The van der Waals surface area contributed by atoms with Crippen LogP contribution >= 0.6 is 11.6 Å². The van der Waals surface area contributed by atoms with E-state index < -0.39 is 0 Å². The van der Waals surface area contributed by atoms with E-state index in [0.717, 1.165) is 5.56 Å². The Morgan fingerprint density at radius 1 is 1.20 bits per heavy atom. The topological polar surface area (TPSA) is 81.8 Å². The highest BCUT2D eigenvalue weighted by Crippen LogP contribution is 2.23. The molecule has 0 bridgehead atoms. The second-order valence-electron chi connectivity index (χ2n) is 6.72. The van der Waals surface area contributed by atoms with Crippen molar-refractivity contribution >= 4 is 34.2 Å². The number of amides is 1. The zero-order chi connectivity index (χ0) is 21.3. The van der Waals surface area contributed by atoms with Crippen molar-refractivity contribution in [2.45, 2.75) is 19.9 Å². The van der Waals surface area contributed by atoms with Crippen molar-refractivity contribution in [1.29, 1.82) is 0 Å². The molecule has 0 saturated carbocycles. The maximum atomic E-state index is 13.2. The second-order valence-corrected chi connectivity index (χ2v) is 7.13. The Hall–Kier alpha value is -3.52. The zero-order valence-corrected chi connectivity index (χ0v) is 16.7. The first-order valence-electron chi connectivity index (χ1n) is 9.18. The van der Waals surface area contributed by atoms with Gasteiger partial charge in [0.1, 0.15) is 11.2 Å². The number of hydrogen-bond donors (Lipinski definition) is 1. The Bertz CT molecular complexity index is 1300. The normalized spacial score (nSPS) is 11.0. The van der Waals surface area contributed by atoms with Crippen molar-refractivity contribution in [3.05, 3.63) is 81.7 Å². The van der Waals surface area contributed by atoms with Crippen molar-refractivity contribution in [3.8, 4) is 5.69 Å². The molecule has 1 amide bonds. The van der Waals surface area contributed by atoms with Crippen molar-refractivity contribution in [2.75, 3.05) is 5.32 Å². The van der Waals surface area contributed by atoms with Gasteiger partial charge in [0.25, 0.3) is 5.56 Å². The summed E-state index contributed by atoms with van der Waals surface area (Å²) in [5.74, 6) is -0.605. The summed E-state index contributed by atoms with van der Waals surface area (Å²) in [4.78, 5) is 29.4. The van der Waals surface area contributed by atoms with Crippen LogP contribution in [-0.4, -0.2) is 25.2 Å². The number of aryl methyl sites for hydroxylation is 1. The molecule has 0 atom stereocenters. The summed E-state index contributed by atoms with van der Waals surface area (Å²) in [6.07, 6.45) is 2.88. The van der Waals surface area contributed by atoms with Crippen LogP contribution in [0, 0.1) is 12.7 Å². The monoisotopic (exact) mass is 425 g/mol. The van der Waals surface area contributed by atoms with E-state index in [1.165, 1.54) is 33.9 Å². The van der Waals surface area contributed by atoms with E-state index in [4.69, 9.17) is 11.6 Å². The first-order chi connectivity index (χ1) is 14.4. The van der Waals surface area contributed by atoms with E-state index in [0.29, 0.717) is 27.4 Å². The maximum Gasteiger partial charge on any atom is 0.264 e. The van der Waals surface area contributed by atoms with Crippen molar-refractivity contribution in [3.63, 3.8) is 0 Å². The summed E-state index contributed by atoms with van der Waals surface area (Å²) in [6, 6.07) is 11.0. The van der Waals surface area contributed by atoms with Gasteiger partial charge in [0, 0.05) is 23.7 Å². The molecule has 152 valence electrons. The highest BCUT2D eigenvalue weighted by atomic mass is 35.5. The molecule has 0 saturated heterocycles. The van der Waals surface area contributed by atoms with Gasteiger partial charge in [0.15, 0.2) is 5.65 Å². The van der Waals surface area contributed by atoms with Gasteiger partial charge in [0.05, 0.1) is 18.2 Å². The van der Waals surface area contributed by atoms with Gasteiger partial charge in [-0.3, -0.25) is 14.2 Å². The van der Waals surface area contributed by atoms with E-state index in [1.54, 1.807) is 30.3 Å². The molecule has 9 heteroatoms. The van der Waals surface area contributed by atoms with Crippen LogP contribution in [0.15, 0.2) is 59.8 Å². The molecular formula is C21H17ClFN5O2. The lowest BCUT2D eigenvalue weighted by molar-refractivity contribution is -0.116. The van der Waals surface area contributed by atoms with Crippen LogP contribution in [0.2, 0.25) is 5.02 Å². The number of hydrogen-bond acceptors (Lipinski definition) is 4. The number of nitrogens with zero attached hydrogens (tertiary/aromatic N) is 4. The van der Waals surface area contributed by atoms with Gasteiger partial charge >= 0.3 is 0 Å². The summed E-state index contributed by atoms with van der Waals surface area (Å²) < 4.78 is 16.0. The number of anilines is 1. The first kappa shape index (κ1) is 19.8. The minimum Gasteiger partial charge on any atom is -0.326 e. The molecule has 0 aliphatic carbocycles. The van der Waals surface area contributed by atoms with Gasteiger partial charge in [-0.25, -0.2) is 14.1 Å². The van der Waals surface area contributed by atoms with Gasteiger partial charge in [-0.05, 0) is 48.9 Å². The van der Waals surface area contributed by atoms with E-state index in [1.807, 2.05) is 6.92 Å². The number of carbonyl (C=O) groups is 1. The molecule has 2 aromatic carbocycles. The van der Waals surface area contributed by atoms with Crippen molar-refractivity contribution in [1.82, 2.24) is 19.3 Å². The van der Waals surface area contributed by atoms with E-state index in [9.17, 15) is 14.0 Å². The summed E-state index contributed by atoms with van der Waals surface area (Å²) in [5, 5.41) is 7.87. The molecule has 0 unspecified atom stereocenters. The Kier molecular flexibility index (Phi) is 5.33. The largest absolute Gasteiger partial charge is 0.326 e. The Labute approximate surface area is 175 Å². The van der Waals surface area contributed by atoms with E-state index in [-0.39, 0.29) is 30.2 Å². The molecule has 0 aliphatic heterocycles. The second kappa shape index (κ2) is 8.08. The third-order valence-electron chi connectivity index (χ3n) is 4.75. The third-order valence-corrected chi connectivity index (χ3v) is 5.16. The summed E-state index contributed by atoms with van der Waals surface area (Å²) in [5.41, 5.74) is 2.06. The van der Waals surface area contributed by atoms with Crippen molar-refractivity contribution < 1.29 is 9.18 Å². The first-order valence-corrected chi connectivity index (χ1v) is 9.56. The lowest BCUT2D eigenvalue weighted by atomic mass is 10.2. The summed E-state index contributed by atoms with van der Waals surface area (Å²) in [6.45, 7) is 1.98. The Morgan fingerprint density at radius 2 is 1.97 bits per heavy atom. The Morgan fingerprint density at radius 3 is 2.73 bits per heavy atom. The standard InChI is InChI=1S/C21H17ClFN5O2/c1-13-17(22)3-2-4-18(13)26-19(29)9-10-27-12-24-20-16(21(27)30)11-25-28(20)15-7-5-14(23)6-8-15/h2-8,11-12H,9-10H2,1H3,(H,26,29). The molecule has 30 heavy (non-hydrogen) atoms. The smallest absolute Gasteiger partial charge is 0.264 e. The van der Waals surface area contributed by atoms with Gasteiger partial charge in [-0.15, -0.1) is 0 Å². The third kappa shape index (κ3) is 3.81. The fourth-order valence-corrected chi connectivity index (χ4v) is 3.23. The van der Waals surface area contributed by atoms with Crippen molar-refractivity contribution in [2.24, 2.45) is 0 Å². The lowest BCUT2D eigenvalue weighted by Crippen LogP contribution is -2.23. The SMILES string of the molecule is Cc1c(Cl)cccc1NC(=O)CCn1cnc2c(cnn2-c2ccc(F)cc2)c1=O. The number of aromatic nitrogens is 4. The van der Waals surface area contributed by atoms with E-state index in [2.05, 4.69) is 15.4 Å². The quantitative estimate of drug-likeness (QED) is 0.528. The number of benzene rings is 2. The van der Waals surface area contributed by atoms with E-state index >= 15 is 0 Å². The molecular weight excluding hydrogens is 409 g/mol. The van der Waals surface area contributed by atoms with Crippen LogP contribution in [0.25, 0.3) is 16.7 Å². The average Bonchev–Trinajstić information content (AvgIpc) is 3.16. The highest BCUT2D eigenvalue weighted by Gasteiger charge is 2.13. The molecule has 0 spiro atoms. The maximum absolute atomic E-state index is 13.2. The molecule has 4 aromatic rings. The number of halogens is 2. The summed E-state index contributed by atoms with van der Waals surface area (Å²) >= 11 is 6.07. The van der Waals surface area contributed by atoms with Gasteiger partial charge in [-0.2, -0.15) is 5.10 Å². The molecule has 2 heterocycles. The number of rotatable bonds is 5. The molecule has 7 nitrogen and oxygen atoms in total. The molecule has 4 rings (SSSR count). The molecule has 0 aliphatic rings. The molecule has 0 radical (unpaired) electrons. The van der Waals surface area contributed by atoms with Crippen LogP contribution in [0.1, 0.15) is 12.0 Å². The summed E-state index contributed by atoms with van der Waals surface area (Å²) in [7, 11) is 0. The molecule has 1 N–H and O–H groups in total. The molecule has 2 aromatic heterocycles. The number of nitrogens with one attached hydrogen (secondary N) is 1.